The number of anilines is 1. The SMILES string of the molecule is COc1cccc(NC(=O)C[NH+](C)CC(=O)N2[C@H](C)CCC[C@H]2C)c1. The lowest BCUT2D eigenvalue weighted by molar-refractivity contribution is -0.862. The third-order valence-electron chi connectivity index (χ3n) is 4.75. The molecule has 2 rings (SSSR count). The van der Waals surface area contributed by atoms with Crippen LogP contribution in [-0.2, 0) is 9.59 Å². The van der Waals surface area contributed by atoms with E-state index in [-0.39, 0.29) is 30.4 Å². The van der Waals surface area contributed by atoms with Crippen LogP contribution < -0.4 is 15.0 Å². The van der Waals surface area contributed by atoms with Crippen molar-refractivity contribution in [2.75, 3.05) is 32.6 Å². The Morgan fingerprint density at radius 3 is 2.56 bits per heavy atom. The molecule has 1 heterocycles. The van der Waals surface area contributed by atoms with Crippen LogP contribution in [0.1, 0.15) is 33.1 Å². The van der Waals surface area contributed by atoms with Gasteiger partial charge < -0.3 is 19.9 Å². The van der Waals surface area contributed by atoms with Gasteiger partial charge in [-0.3, -0.25) is 9.59 Å². The maximum Gasteiger partial charge on any atom is 0.279 e. The largest absolute Gasteiger partial charge is 0.497 e. The summed E-state index contributed by atoms with van der Waals surface area (Å²) < 4.78 is 5.15. The molecule has 138 valence electrons. The molecule has 0 radical (unpaired) electrons. The summed E-state index contributed by atoms with van der Waals surface area (Å²) in [5.41, 5.74) is 0.696. The summed E-state index contributed by atoms with van der Waals surface area (Å²) in [5, 5.41) is 2.85. The van der Waals surface area contributed by atoms with Crippen LogP contribution in [0.2, 0.25) is 0 Å². The first-order chi connectivity index (χ1) is 11.9. The van der Waals surface area contributed by atoms with E-state index in [0.29, 0.717) is 18.0 Å². The van der Waals surface area contributed by atoms with Crippen molar-refractivity contribution in [1.29, 1.82) is 0 Å². The van der Waals surface area contributed by atoms with Crippen molar-refractivity contribution in [2.45, 2.75) is 45.2 Å². The molecule has 25 heavy (non-hydrogen) atoms. The molecule has 0 aliphatic carbocycles. The van der Waals surface area contributed by atoms with Crippen LogP contribution in [-0.4, -0.2) is 56.0 Å². The minimum absolute atomic E-state index is 0.113. The van der Waals surface area contributed by atoms with E-state index in [0.717, 1.165) is 17.7 Å². The monoisotopic (exact) mass is 348 g/mol. The number of hydrogen-bond acceptors (Lipinski definition) is 3. The van der Waals surface area contributed by atoms with Crippen LogP contribution in [0.4, 0.5) is 5.69 Å². The van der Waals surface area contributed by atoms with E-state index < -0.39 is 0 Å². The molecule has 0 bridgehead atoms. The Hall–Kier alpha value is -2.08. The summed E-state index contributed by atoms with van der Waals surface area (Å²) in [6.45, 7) is 4.80. The lowest BCUT2D eigenvalue weighted by Crippen LogP contribution is -3.11. The number of likely N-dealkylation sites (tertiary alicyclic amines) is 1. The first kappa shape index (κ1) is 19.2. The number of carbonyl (C=O) groups is 2. The Bertz CT molecular complexity index is 595. The highest BCUT2D eigenvalue weighted by molar-refractivity contribution is 5.91. The Labute approximate surface area is 150 Å². The van der Waals surface area contributed by atoms with Gasteiger partial charge in [0.2, 0.25) is 0 Å². The summed E-state index contributed by atoms with van der Waals surface area (Å²) in [7, 11) is 3.47. The van der Waals surface area contributed by atoms with E-state index in [2.05, 4.69) is 19.2 Å². The van der Waals surface area contributed by atoms with Crippen LogP contribution >= 0.6 is 0 Å². The van der Waals surface area contributed by atoms with Gasteiger partial charge >= 0.3 is 0 Å². The molecule has 3 atom stereocenters. The van der Waals surface area contributed by atoms with Gasteiger partial charge in [0, 0.05) is 23.8 Å². The second-order valence-corrected chi connectivity index (χ2v) is 7.02. The van der Waals surface area contributed by atoms with Gasteiger partial charge in [-0.15, -0.1) is 0 Å². The molecule has 0 aromatic heterocycles. The number of quaternary nitrogens is 1. The summed E-state index contributed by atoms with van der Waals surface area (Å²) >= 11 is 0. The predicted octanol–water partition coefficient (Wildman–Crippen LogP) is 0.938. The van der Waals surface area contributed by atoms with E-state index in [1.807, 2.05) is 30.1 Å². The Morgan fingerprint density at radius 1 is 1.24 bits per heavy atom. The quantitative estimate of drug-likeness (QED) is 0.804. The lowest BCUT2D eigenvalue weighted by atomic mass is 9.97. The first-order valence-electron chi connectivity index (χ1n) is 8.97. The third kappa shape index (κ3) is 5.46. The highest BCUT2D eigenvalue weighted by Gasteiger charge is 2.30. The van der Waals surface area contributed by atoms with Gasteiger partial charge in [0.1, 0.15) is 5.75 Å². The molecule has 1 aliphatic heterocycles. The van der Waals surface area contributed by atoms with E-state index in [1.165, 1.54) is 6.42 Å². The molecule has 1 fully saturated rings. The normalized spacial score (nSPS) is 21.5. The summed E-state index contributed by atoms with van der Waals surface area (Å²) in [5.74, 6) is 0.714. The standard InChI is InChI=1S/C19H29N3O3/c1-14-7-5-8-15(2)22(14)19(24)13-21(3)12-18(23)20-16-9-6-10-17(11-16)25-4/h6,9-11,14-15H,5,7-8,12-13H2,1-4H3,(H,20,23)/p+1/t14-,15-/m1/s1. The lowest BCUT2D eigenvalue weighted by Gasteiger charge is -2.39. The number of likely N-dealkylation sites (N-methyl/N-ethyl adjacent to an activating group) is 1. The molecule has 1 aromatic rings. The van der Waals surface area contributed by atoms with Crippen LogP contribution in [0, 0.1) is 0 Å². The van der Waals surface area contributed by atoms with Crippen LogP contribution in [0.3, 0.4) is 0 Å². The molecule has 2 N–H and O–H groups in total. The van der Waals surface area contributed by atoms with E-state index >= 15 is 0 Å². The average Bonchev–Trinajstić information content (AvgIpc) is 2.54. The minimum Gasteiger partial charge on any atom is -0.497 e. The van der Waals surface area contributed by atoms with Crippen molar-refractivity contribution < 1.29 is 19.2 Å². The highest BCUT2D eigenvalue weighted by Crippen LogP contribution is 2.22. The zero-order valence-electron chi connectivity index (χ0n) is 15.7. The second kappa shape index (κ2) is 8.85. The van der Waals surface area contributed by atoms with Gasteiger partial charge in [0.05, 0.1) is 14.2 Å². The minimum atomic E-state index is -0.113. The Kier molecular flexibility index (Phi) is 6.82. The van der Waals surface area contributed by atoms with Gasteiger partial charge in [-0.25, -0.2) is 0 Å². The van der Waals surface area contributed by atoms with Crippen molar-refractivity contribution in [3.8, 4) is 5.75 Å². The number of benzene rings is 1. The number of nitrogens with one attached hydrogen (secondary N) is 2. The fraction of sp³-hybridized carbons (Fsp3) is 0.579. The molecule has 6 nitrogen and oxygen atoms in total. The van der Waals surface area contributed by atoms with Gasteiger partial charge in [0.15, 0.2) is 13.1 Å². The van der Waals surface area contributed by atoms with Gasteiger partial charge in [0.25, 0.3) is 11.8 Å². The molecule has 1 unspecified atom stereocenters. The zero-order valence-corrected chi connectivity index (χ0v) is 15.7. The number of rotatable bonds is 6. The number of amides is 2. The molecular formula is C19H30N3O3+. The van der Waals surface area contributed by atoms with Crippen molar-refractivity contribution in [2.24, 2.45) is 0 Å². The fourth-order valence-corrected chi connectivity index (χ4v) is 3.50. The highest BCUT2D eigenvalue weighted by atomic mass is 16.5. The number of methoxy groups -OCH3 is 1. The molecule has 1 aromatic carbocycles. The summed E-state index contributed by atoms with van der Waals surface area (Å²) in [6, 6.07) is 7.82. The summed E-state index contributed by atoms with van der Waals surface area (Å²) in [6.07, 6.45) is 3.30. The van der Waals surface area contributed by atoms with E-state index in [1.54, 1.807) is 13.2 Å². The van der Waals surface area contributed by atoms with E-state index in [9.17, 15) is 9.59 Å². The molecular weight excluding hydrogens is 318 g/mol. The summed E-state index contributed by atoms with van der Waals surface area (Å²) in [4.78, 5) is 27.7. The predicted molar refractivity (Wildman–Crippen MR) is 97.9 cm³/mol. The molecule has 6 heteroatoms. The number of piperidine rings is 1. The van der Waals surface area contributed by atoms with Crippen molar-refractivity contribution in [3.63, 3.8) is 0 Å². The van der Waals surface area contributed by atoms with Crippen molar-refractivity contribution in [3.05, 3.63) is 24.3 Å². The van der Waals surface area contributed by atoms with Crippen LogP contribution in [0.5, 0.6) is 5.75 Å². The van der Waals surface area contributed by atoms with Crippen LogP contribution in [0.25, 0.3) is 0 Å². The van der Waals surface area contributed by atoms with Crippen molar-refractivity contribution >= 4 is 17.5 Å². The molecule has 2 amide bonds. The fourth-order valence-electron chi connectivity index (χ4n) is 3.50. The Morgan fingerprint density at radius 2 is 1.92 bits per heavy atom. The average molecular weight is 348 g/mol. The number of nitrogens with zero attached hydrogens (tertiary/aromatic N) is 1. The molecule has 0 saturated carbocycles. The zero-order chi connectivity index (χ0) is 18.4. The molecule has 1 saturated heterocycles. The topological polar surface area (TPSA) is 63.1 Å². The smallest absolute Gasteiger partial charge is 0.279 e. The second-order valence-electron chi connectivity index (χ2n) is 7.02. The van der Waals surface area contributed by atoms with Crippen LogP contribution in [0.15, 0.2) is 24.3 Å². The maximum absolute atomic E-state index is 12.6. The van der Waals surface area contributed by atoms with Crippen molar-refractivity contribution in [1.82, 2.24) is 4.90 Å². The Balaban J connectivity index is 1.85. The van der Waals surface area contributed by atoms with Gasteiger partial charge in [-0.1, -0.05) is 6.07 Å². The molecule has 1 aliphatic rings. The number of ether oxygens (including phenoxy) is 1. The maximum atomic E-state index is 12.6. The van der Waals surface area contributed by atoms with Gasteiger partial charge in [-0.2, -0.15) is 0 Å². The van der Waals surface area contributed by atoms with Gasteiger partial charge in [-0.05, 0) is 45.2 Å². The number of carbonyl (C=O) groups excluding carboxylic acids is 2. The first-order valence-corrected chi connectivity index (χ1v) is 8.97. The van der Waals surface area contributed by atoms with E-state index in [4.69, 9.17) is 4.74 Å². The third-order valence-corrected chi connectivity index (χ3v) is 4.75. The number of hydrogen-bond donors (Lipinski definition) is 2. The molecule has 0 spiro atoms.